The van der Waals surface area contributed by atoms with Gasteiger partial charge in [0.2, 0.25) is 0 Å². The van der Waals surface area contributed by atoms with Gasteiger partial charge in [-0.25, -0.2) is 4.98 Å². The van der Waals surface area contributed by atoms with Crippen molar-refractivity contribution in [2.45, 2.75) is 20.3 Å². The molecular formula is C19H24N2O5S. The van der Waals surface area contributed by atoms with E-state index in [-0.39, 0.29) is 18.9 Å². The van der Waals surface area contributed by atoms with Crippen LogP contribution in [0.5, 0.6) is 11.5 Å². The number of carbonyl (C=O) groups is 2. The van der Waals surface area contributed by atoms with Gasteiger partial charge in [-0.3, -0.25) is 9.59 Å². The quantitative estimate of drug-likeness (QED) is 0.660. The molecule has 0 bridgehead atoms. The Bertz CT molecular complexity index is 788. The number of carbonyl (C=O) groups excluding carboxylic acids is 2. The van der Waals surface area contributed by atoms with Crippen LogP contribution in [0.4, 0.5) is 0 Å². The summed E-state index contributed by atoms with van der Waals surface area (Å²) < 4.78 is 15.5. The number of rotatable bonds is 9. The molecule has 1 heterocycles. The topological polar surface area (TPSA) is 86.8 Å². The monoisotopic (exact) mass is 392 g/mol. The number of nitrogens with one attached hydrogen (secondary N) is 1. The molecule has 0 aliphatic heterocycles. The van der Waals surface area contributed by atoms with E-state index in [4.69, 9.17) is 14.2 Å². The molecule has 8 heteroatoms. The zero-order valence-electron chi connectivity index (χ0n) is 15.9. The summed E-state index contributed by atoms with van der Waals surface area (Å²) in [6, 6.07) is 5.51. The third-order valence-electron chi connectivity index (χ3n) is 3.58. The van der Waals surface area contributed by atoms with Crippen LogP contribution in [0.25, 0.3) is 10.6 Å². The Balaban J connectivity index is 1.92. The first-order valence-corrected chi connectivity index (χ1v) is 9.40. The highest BCUT2D eigenvalue weighted by Gasteiger charge is 2.13. The lowest BCUT2D eigenvalue weighted by Crippen LogP contribution is -2.31. The van der Waals surface area contributed by atoms with E-state index in [2.05, 4.69) is 10.3 Å². The number of benzene rings is 1. The Hall–Kier alpha value is -2.61. The lowest BCUT2D eigenvalue weighted by molar-refractivity contribution is -0.147. The van der Waals surface area contributed by atoms with E-state index in [1.165, 1.54) is 11.3 Å². The van der Waals surface area contributed by atoms with Gasteiger partial charge in [-0.2, -0.15) is 0 Å². The number of aromatic nitrogens is 1. The molecule has 1 N–H and O–H groups in total. The van der Waals surface area contributed by atoms with Crippen LogP contribution in [0.15, 0.2) is 23.6 Å². The molecule has 0 saturated carbocycles. The van der Waals surface area contributed by atoms with E-state index in [1.54, 1.807) is 25.7 Å². The van der Waals surface area contributed by atoms with Crippen molar-refractivity contribution in [3.8, 4) is 22.1 Å². The summed E-state index contributed by atoms with van der Waals surface area (Å²) in [4.78, 5) is 28.0. The lowest BCUT2D eigenvalue weighted by atomic mass is 10.2. The van der Waals surface area contributed by atoms with Gasteiger partial charge in [-0.05, 0) is 24.1 Å². The van der Waals surface area contributed by atoms with Crippen molar-refractivity contribution in [2.24, 2.45) is 5.92 Å². The number of amides is 1. The van der Waals surface area contributed by atoms with Gasteiger partial charge < -0.3 is 19.5 Å². The van der Waals surface area contributed by atoms with Gasteiger partial charge in [-0.1, -0.05) is 13.8 Å². The molecule has 2 aromatic rings. The van der Waals surface area contributed by atoms with E-state index in [9.17, 15) is 9.59 Å². The van der Waals surface area contributed by atoms with E-state index in [0.717, 1.165) is 10.6 Å². The lowest BCUT2D eigenvalue weighted by Gasteiger charge is -2.08. The van der Waals surface area contributed by atoms with Crippen LogP contribution in [-0.4, -0.2) is 44.2 Å². The third kappa shape index (κ3) is 6.25. The molecule has 1 amide bonds. The highest BCUT2D eigenvalue weighted by atomic mass is 32.1. The van der Waals surface area contributed by atoms with Crippen molar-refractivity contribution < 1.29 is 23.8 Å². The summed E-state index contributed by atoms with van der Waals surface area (Å²) in [7, 11) is 3.15. The van der Waals surface area contributed by atoms with Gasteiger partial charge in [-0.15, -0.1) is 11.3 Å². The first-order chi connectivity index (χ1) is 12.9. The maximum absolute atomic E-state index is 11.9. The minimum atomic E-state index is -0.487. The Kier molecular flexibility index (Phi) is 7.60. The molecule has 0 saturated heterocycles. The van der Waals surface area contributed by atoms with Crippen LogP contribution in [0.2, 0.25) is 0 Å². The Morgan fingerprint density at radius 3 is 2.59 bits per heavy atom. The van der Waals surface area contributed by atoms with Crippen molar-refractivity contribution in [2.75, 3.05) is 27.4 Å². The minimum Gasteiger partial charge on any atom is -0.493 e. The Morgan fingerprint density at radius 1 is 1.19 bits per heavy atom. The van der Waals surface area contributed by atoms with E-state index < -0.39 is 5.97 Å². The van der Waals surface area contributed by atoms with Crippen LogP contribution in [0.3, 0.4) is 0 Å². The predicted octanol–water partition coefficient (Wildman–Crippen LogP) is 2.69. The number of nitrogens with zero attached hydrogens (tertiary/aromatic N) is 1. The molecule has 0 atom stereocenters. The van der Waals surface area contributed by atoms with Gasteiger partial charge in [0, 0.05) is 17.5 Å². The van der Waals surface area contributed by atoms with Gasteiger partial charge in [0.05, 0.1) is 26.3 Å². The average molecular weight is 392 g/mol. The molecule has 146 valence electrons. The third-order valence-corrected chi connectivity index (χ3v) is 4.52. The van der Waals surface area contributed by atoms with Crippen molar-refractivity contribution in [3.05, 3.63) is 29.3 Å². The van der Waals surface area contributed by atoms with Crippen LogP contribution in [0, 0.1) is 5.92 Å². The Labute approximate surface area is 162 Å². The molecule has 2 rings (SSSR count). The SMILES string of the molecule is COc1ccc(-c2nc(CC(=O)OCC(=O)NCC(C)C)cs2)cc1OC. The average Bonchev–Trinajstić information content (AvgIpc) is 3.12. The molecule has 1 aromatic heterocycles. The van der Waals surface area contributed by atoms with Crippen molar-refractivity contribution in [1.82, 2.24) is 10.3 Å². The van der Waals surface area contributed by atoms with Gasteiger partial charge in [0.25, 0.3) is 5.91 Å². The largest absolute Gasteiger partial charge is 0.493 e. The fourth-order valence-corrected chi connectivity index (χ4v) is 3.02. The molecule has 0 aliphatic carbocycles. The number of thiazole rings is 1. The van der Waals surface area contributed by atoms with Gasteiger partial charge in [0.1, 0.15) is 5.01 Å². The van der Waals surface area contributed by atoms with Gasteiger partial charge in [0.15, 0.2) is 18.1 Å². The highest BCUT2D eigenvalue weighted by molar-refractivity contribution is 7.13. The molecular weight excluding hydrogens is 368 g/mol. The zero-order valence-corrected chi connectivity index (χ0v) is 16.7. The number of hydrogen-bond donors (Lipinski definition) is 1. The highest BCUT2D eigenvalue weighted by Crippen LogP contribution is 2.33. The fraction of sp³-hybridized carbons (Fsp3) is 0.421. The van der Waals surface area contributed by atoms with Crippen LogP contribution < -0.4 is 14.8 Å². The molecule has 0 radical (unpaired) electrons. The van der Waals surface area contributed by atoms with E-state index >= 15 is 0 Å². The number of ether oxygens (including phenoxy) is 3. The van der Waals surface area contributed by atoms with E-state index in [0.29, 0.717) is 29.7 Å². The summed E-state index contributed by atoms with van der Waals surface area (Å²) in [5.74, 6) is 0.797. The second kappa shape index (κ2) is 9.91. The normalized spacial score (nSPS) is 10.6. The van der Waals surface area contributed by atoms with Crippen molar-refractivity contribution in [3.63, 3.8) is 0 Å². The van der Waals surface area contributed by atoms with Crippen LogP contribution >= 0.6 is 11.3 Å². The summed E-state index contributed by atoms with van der Waals surface area (Å²) in [5, 5.41) is 5.25. The second-order valence-electron chi connectivity index (χ2n) is 6.25. The molecule has 1 aromatic carbocycles. The standard InChI is InChI=1S/C19H24N2O5S/c1-12(2)9-20-17(22)10-26-18(23)8-14-11-27-19(21-14)13-5-6-15(24-3)16(7-13)25-4/h5-7,11-12H,8-10H2,1-4H3,(H,20,22). The maximum Gasteiger partial charge on any atom is 0.312 e. The number of esters is 1. The summed E-state index contributed by atoms with van der Waals surface area (Å²) in [6.07, 6.45) is 0.0151. The molecule has 7 nitrogen and oxygen atoms in total. The summed E-state index contributed by atoms with van der Waals surface area (Å²) in [5.41, 5.74) is 1.46. The minimum absolute atomic E-state index is 0.0151. The van der Waals surface area contributed by atoms with Crippen LogP contribution in [-0.2, 0) is 20.7 Å². The zero-order chi connectivity index (χ0) is 19.8. The summed E-state index contributed by atoms with van der Waals surface area (Å²) in [6.45, 7) is 4.25. The van der Waals surface area contributed by atoms with Crippen LogP contribution in [0.1, 0.15) is 19.5 Å². The first kappa shape index (κ1) is 20.7. The van der Waals surface area contributed by atoms with Crippen molar-refractivity contribution >= 4 is 23.2 Å². The smallest absolute Gasteiger partial charge is 0.312 e. The molecule has 0 unspecified atom stereocenters. The Morgan fingerprint density at radius 2 is 1.93 bits per heavy atom. The van der Waals surface area contributed by atoms with E-state index in [1.807, 2.05) is 26.0 Å². The molecule has 0 aliphatic rings. The second-order valence-corrected chi connectivity index (χ2v) is 7.11. The van der Waals surface area contributed by atoms with Gasteiger partial charge >= 0.3 is 5.97 Å². The fourth-order valence-electron chi connectivity index (χ4n) is 2.20. The number of methoxy groups -OCH3 is 2. The first-order valence-electron chi connectivity index (χ1n) is 8.52. The predicted molar refractivity (Wildman–Crippen MR) is 103 cm³/mol. The molecule has 0 fully saturated rings. The number of hydrogen-bond acceptors (Lipinski definition) is 7. The molecule has 27 heavy (non-hydrogen) atoms. The van der Waals surface area contributed by atoms with Crippen molar-refractivity contribution in [1.29, 1.82) is 0 Å². The molecule has 0 spiro atoms. The maximum atomic E-state index is 11.9. The summed E-state index contributed by atoms with van der Waals surface area (Å²) >= 11 is 1.42.